The first-order valence-corrected chi connectivity index (χ1v) is 7.02. The van der Waals surface area contributed by atoms with Crippen molar-refractivity contribution >= 4 is 27.3 Å². The van der Waals surface area contributed by atoms with Gasteiger partial charge in [-0.2, -0.15) is 0 Å². The fraction of sp³-hybridized carbons (Fsp3) is 0.400. The number of rotatable bonds is 6. The number of aliphatic hydroxyl groups excluding tert-OH is 1. The van der Waals surface area contributed by atoms with Gasteiger partial charge in [0, 0.05) is 11.6 Å². The van der Waals surface area contributed by atoms with E-state index in [2.05, 4.69) is 4.72 Å². The maximum atomic E-state index is 11.5. The number of nitrogens with one attached hydrogen (secondary N) is 1. The predicted molar refractivity (Wildman–Crippen MR) is 65.1 cm³/mol. The molecule has 0 bridgehead atoms. The van der Waals surface area contributed by atoms with Gasteiger partial charge in [-0.25, -0.2) is 8.42 Å². The quantitative estimate of drug-likeness (QED) is 0.766. The first-order valence-electron chi connectivity index (χ1n) is 4.83. The Morgan fingerprint density at radius 3 is 2.38 bits per heavy atom. The number of benzene rings is 1. The van der Waals surface area contributed by atoms with Crippen LogP contribution in [0.4, 0.5) is 5.69 Å². The maximum Gasteiger partial charge on any atom is 0.232 e. The SMILES string of the molecule is O=S(=O)(CCCCl)Nc1ccc(CO)cc1. The highest BCUT2D eigenvalue weighted by atomic mass is 35.5. The fourth-order valence-corrected chi connectivity index (χ4v) is 2.57. The molecule has 0 spiro atoms. The molecule has 1 aromatic rings. The van der Waals surface area contributed by atoms with Gasteiger partial charge in [-0.3, -0.25) is 4.72 Å². The summed E-state index contributed by atoms with van der Waals surface area (Å²) < 4.78 is 25.4. The van der Waals surface area contributed by atoms with Crippen LogP contribution in [0.2, 0.25) is 0 Å². The van der Waals surface area contributed by atoms with E-state index in [4.69, 9.17) is 16.7 Å². The zero-order chi connectivity index (χ0) is 12.0. The molecule has 0 fully saturated rings. The van der Waals surface area contributed by atoms with Crippen LogP contribution in [0.15, 0.2) is 24.3 Å². The van der Waals surface area contributed by atoms with Gasteiger partial charge in [-0.1, -0.05) is 12.1 Å². The van der Waals surface area contributed by atoms with Crippen LogP contribution in [0.1, 0.15) is 12.0 Å². The second-order valence-electron chi connectivity index (χ2n) is 3.32. The molecular weight excluding hydrogens is 250 g/mol. The number of sulfonamides is 1. The van der Waals surface area contributed by atoms with E-state index in [0.29, 0.717) is 18.0 Å². The lowest BCUT2D eigenvalue weighted by molar-refractivity contribution is 0.282. The molecule has 6 heteroatoms. The van der Waals surface area contributed by atoms with E-state index in [1.165, 1.54) is 0 Å². The van der Waals surface area contributed by atoms with Crippen molar-refractivity contribution in [3.05, 3.63) is 29.8 Å². The van der Waals surface area contributed by atoms with Gasteiger partial charge in [0.15, 0.2) is 0 Å². The number of hydrogen-bond acceptors (Lipinski definition) is 3. The third-order valence-corrected chi connectivity index (χ3v) is 3.60. The second-order valence-corrected chi connectivity index (χ2v) is 5.54. The molecule has 4 nitrogen and oxygen atoms in total. The Labute approximate surface area is 100 Å². The summed E-state index contributed by atoms with van der Waals surface area (Å²) in [5.74, 6) is 0.336. The van der Waals surface area contributed by atoms with E-state index in [1.807, 2.05) is 0 Å². The number of hydrogen-bond donors (Lipinski definition) is 2. The minimum absolute atomic E-state index is 0.0122. The molecule has 0 saturated carbocycles. The van der Waals surface area contributed by atoms with Crippen molar-refractivity contribution in [3.63, 3.8) is 0 Å². The van der Waals surface area contributed by atoms with E-state index in [9.17, 15) is 8.42 Å². The van der Waals surface area contributed by atoms with Crippen LogP contribution in [-0.4, -0.2) is 25.2 Å². The molecular formula is C10H14ClNO3S. The van der Waals surface area contributed by atoms with Crippen LogP contribution in [0.25, 0.3) is 0 Å². The van der Waals surface area contributed by atoms with Crippen LogP contribution in [-0.2, 0) is 16.6 Å². The summed E-state index contributed by atoms with van der Waals surface area (Å²) in [5.41, 5.74) is 1.23. The van der Waals surface area contributed by atoms with Crippen LogP contribution in [0, 0.1) is 0 Å². The highest BCUT2D eigenvalue weighted by Gasteiger charge is 2.09. The molecule has 0 saturated heterocycles. The van der Waals surface area contributed by atoms with Gasteiger partial charge in [-0.05, 0) is 24.1 Å². The molecule has 2 N–H and O–H groups in total. The third kappa shape index (κ3) is 4.38. The van der Waals surface area contributed by atoms with Crippen molar-refractivity contribution in [1.82, 2.24) is 0 Å². The molecule has 1 rings (SSSR count). The van der Waals surface area contributed by atoms with Crippen LogP contribution < -0.4 is 4.72 Å². The molecule has 0 radical (unpaired) electrons. The van der Waals surface area contributed by atoms with Gasteiger partial charge >= 0.3 is 0 Å². The van der Waals surface area contributed by atoms with Crippen LogP contribution in [0.5, 0.6) is 0 Å². The molecule has 16 heavy (non-hydrogen) atoms. The topological polar surface area (TPSA) is 66.4 Å². The molecule has 1 aromatic carbocycles. The lowest BCUT2D eigenvalue weighted by atomic mass is 10.2. The van der Waals surface area contributed by atoms with Crippen molar-refractivity contribution < 1.29 is 13.5 Å². The molecule has 0 aliphatic carbocycles. The van der Waals surface area contributed by atoms with E-state index in [1.54, 1.807) is 24.3 Å². The number of anilines is 1. The Morgan fingerprint density at radius 1 is 1.25 bits per heavy atom. The highest BCUT2D eigenvalue weighted by molar-refractivity contribution is 7.92. The van der Waals surface area contributed by atoms with Gasteiger partial charge < -0.3 is 5.11 Å². The van der Waals surface area contributed by atoms with E-state index in [0.717, 1.165) is 5.56 Å². The van der Waals surface area contributed by atoms with Gasteiger partial charge in [-0.15, -0.1) is 11.6 Å². The zero-order valence-corrected chi connectivity index (χ0v) is 10.3. The van der Waals surface area contributed by atoms with Crippen molar-refractivity contribution in [2.45, 2.75) is 13.0 Å². The molecule has 0 atom stereocenters. The molecule has 0 amide bonds. The molecule has 0 aliphatic rings. The van der Waals surface area contributed by atoms with Gasteiger partial charge in [0.05, 0.1) is 12.4 Å². The maximum absolute atomic E-state index is 11.5. The van der Waals surface area contributed by atoms with Gasteiger partial charge in [0.25, 0.3) is 0 Å². The fourth-order valence-electron chi connectivity index (χ4n) is 1.15. The Kier molecular flexibility index (Phi) is 5.05. The summed E-state index contributed by atoms with van der Waals surface area (Å²) in [6, 6.07) is 6.56. The summed E-state index contributed by atoms with van der Waals surface area (Å²) in [5, 5.41) is 8.82. The van der Waals surface area contributed by atoms with E-state index in [-0.39, 0.29) is 12.4 Å². The third-order valence-electron chi connectivity index (χ3n) is 1.96. The standard InChI is InChI=1S/C10H14ClNO3S/c11-6-1-7-16(14,15)12-10-4-2-9(8-13)3-5-10/h2-5,12-13H,1,6-8H2. The first kappa shape index (κ1) is 13.3. The number of alkyl halides is 1. The monoisotopic (exact) mass is 263 g/mol. The summed E-state index contributed by atoms with van der Waals surface area (Å²) in [6.07, 6.45) is 0.422. The summed E-state index contributed by atoms with van der Waals surface area (Å²) in [4.78, 5) is 0. The lowest BCUT2D eigenvalue weighted by Crippen LogP contribution is -2.16. The Bertz CT molecular complexity index is 416. The normalized spacial score (nSPS) is 11.4. The second kappa shape index (κ2) is 6.08. The molecule has 0 unspecified atom stereocenters. The Balaban J connectivity index is 2.65. The van der Waals surface area contributed by atoms with Crippen molar-refractivity contribution in [2.75, 3.05) is 16.4 Å². The average molecular weight is 264 g/mol. The first-order chi connectivity index (χ1) is 7.57. The van der Waals surface area contributed by atoms with Crippen molar-refractivity contribution in [3.8, 4) is 0 Å². The summed E-state index contributed by atoms with van der Waals surface area (Å²) >= 11 is 5.43. The van der Waals surface area contributed by atoms with Gasteiger partial charge in [0.1, 0.15) is 0 Å². The predicted octanol–water partition coefficient (Wildman–Crippen LogP) is 1.55. The highest BCUT2D eigenvalue weighted by Crippen LogP contribution is 2.11. The Hall–Kier alpha value is -0.780. The van der Waals surface area contributed by atoms with Crippen molar-refractivity contribution in [1.29, 1.82) is 0 Å². The molecule has 0 heterocycles. The van der Waals surface area contributed by atoms with Crippen molar-refractivity contribution in [2.24, 2.45) is 0 Å². The Morgan fingerprint density at radius 2 is 1.88 bits per heavy atom. The smallest absolute Gasteiger partial charge is 0.232 e. The lowest BCUT2D eigenvalue weighted by Gasteiger charge is -2.07. The summed E-state index contributed by atoms with van der Waals surface area (Å²) in [6.45, 7) is -0.0563. The van der Waals surface area contributed by atoms with E-state index < -0.39 is 10.0 Å². The average Bonchev–Trinajstić information content (AvgIpc) is 2.27. The summed E-state index contributed by atoms with van der Waals surface area (Å²) in [7, 11) is -3.31. The van der Waals surface area contributed by atoms with E-state index >= 15 is 0 Å². The number of aliphatic hydroxyl groups is 1. The largest absolute Gasteiger partial charge is 0.392 e. The minimum atomic E-state index is -3.31. The number of halogens is 1. The molecule has 90 valence electrons. The van der Waals surface area contributed by atoms with Crippen LogP contribution >= 0.6 is 11.6 Å². The molecule has 0 aliphatic heterocycles. The minimum Gasteiger partial charge on any atom is -0.392 e. The zero-order valence-electron chi connectivity index (χ0n) is 8.69. The van der Waals surface area contributed by atoms with Gasteiger partial charge in [0.2, 0.25) is 10.0 Å². The molecule has 0 aromatic heterocycles. The van der Waals surface area contributed by atoms with Crippen LogP contribution in [0.3, 0.4) is 0 Å².